The zero-order chi connectivity index (χ0) is 21.7. The van der Waals surface area contributed by atoms with Crippen LogP contribution in [-0.4, -0.2) is 25.7 Å². The number of aryl methyl sites for hydroxylation is 1. The summed E-state index contributed by atoms with van der Waals surface area (Å²) in [6, 6.07) is 17.3. The second kappa shape index (κ2) is 9.15. The van der Waals surface area contributed by atoms with Crippen LogP contribution < -0.4 is 17.0 Å². The van der Waals surface area contributed by atoms with Gasteiger partial charge in [0.2, 0.25) is 0 Å². The molecule has 0 atom stereocenters. The number of nitrogens with two attached hydrogens (primary N) is 2. The number of pyridine rings is 1. The lowest BCUT2D eigenvalue weighted by Gasteiger charge is -2.14. The molecular formula is C21H19ClN6O2. The highest BCUT2D eigenvalue weighted by molar-refractivity contribution is 6.35. The van der Waals surface area contributed by atoms with Crippen LogP contribution in [0.15, 0.2) is 65.7 Å². The van der Waals surface area contributed by atoms with Crippen molar-refractivity contribution in [2.45, 2.75) is 13.3 Å². The lowest BCUT2D eigenvalue weighted by atomic mass is 10.1. The molecule has 4 rings (SSSR count). The smallest absolute Gasteiger partial charge is 0.271 e. The zero-order valence-corrected chi connectivity index (χ0v) is 16.9. The summed E-state index contributed by atoms with van der Waals surface area (Å²) < 4.78 is 1.74. The fourth-order valence-electron chi connectivity index (χ4n) is 2.97. The Morgan fingerprint density at radius 1 is 1.13 bits per heavy atom. The molecule has 2 heterocycles. The van der Waals surface area contributed by atoms with Crippen molar-refractivity contribution in [3.63, 3.8) is 0 Å². The van der Waals surface area contributed by atoms with Crippen molar-refractivity contribution < 1.29 is 4.79 Å². The second-order valence-corrected chi connectivity index (χ2v) is 6.63. The highest BCUT2D eigenvalue weighted by Gasteiger charge is 2.12. The van der Waals surface area contributed by atoms with Gasteiger partial charge < -0.3 is 11.5 Å². The number of nitrogen functional groups attached to an aromatic ring is 1. The number of hydrogen-bond donors (Lipinski definition) is 2. The van der Waals surface area contributed by atoms with Crippen LogP contribution in [0.1, 0.15) is 23.1 Å². The number of benzene rings is 2. The summed E-state index contributed by atoms with van der Waals surface area (Å²) in [5.74, 6) is -0.748. The third-order valence-corrected chi connectivity index (χ3v) is 4.64. The summed E-state index contributed by atoms with van der Waals surface area (Å²) in [6.45, 7) is 2.05. The number of amides is 1. The van der Waals surface area contributed by atoms with Gasteiger partial charge in [-0.2, -0.15) is 0 Å². The molecule has 2 aromatic heterocycles. The van der Waals surface area contributed by atoms with Crippen LogP contribution in [0, 0.1) is 0 Å². The van der Waals surface area contributed by atoms with Gasteiger partial charge in [0.15, 0.2) is 11.5 Å². The fourth-order valence-corrected chi connectivity index (χ4v) is 3.23. The van der Waals surface area contributed by atoms with Gasteiger partial charge in [-0.1, -0.05) is 48.9 Å². The van der Waals surface area contributed by atoms with Crippen molar-refractivity contribution in [3.05, 3.63) is 87.7 Å². The average molecular weight is 423 g/mol. The number of fused-ring (bicyclic) bond motifs is 1. The minimum Gasteiger partial charge on any atom is -0.380 e. The highest BCUT2D eigenvalue weighted by Crippen LogP contribution is 2.22. The monoisotopic (exact) mass is 422 g/mol. The number of carbonyl (C=O) groups excluding carboxylic acids is 1. The van der Waals surface area contributed by atoms with E-state index in [2.05, 4.69) is 15.2 Å². The van der Waals surface area contributed by atoms with Crippen LogP contribution in [0.4, 0.5) is 5.82 Å². The number of halogens is 1. The van der Waals surface area contributed by atoms with Gasteiger partial charge in [-0.05, 0) is 36.1 Å². The summed E-state index contributed by atoms with van der Waals surface area (Å²) in [5, 5.41) is 8.67. The van der Waals surface area contributed by atoms with Gasteiger partial charge in [0, 0.05) is 11.4 Å². The van der Waals surface area contributed by atoms with Crippen molar-refractivity contribution in [2.75, 3.05) is 5.73 Å². The first-order chi connectivity index (χ1) is 14.4. The quantitative estimate of drug-likeness (QED) is 0.522. The van der Waals surface area contributed by atoms with E-state index in [1.54, 1.807) is 10.6 Å². The molecule has 1 amide bonds. The van der Waals surface area contributed by atoms with E-state index in [-0.39, 0.29) is 17.1 Å². The van der Waals surface area contributed by atoms with E-state index < -0.39 is 5.91 Å². The SMILES string of the molecule is CCc1cc2cccc(Cl)c2c(=O)n1-c1ccccc1.NC(=O)c1ncnnc1N. The number of rotatable bonds is 3. The van der Waals surface area contributed by atoms with Gasteiger partial charge in [0.1, 0.15) is 6.33 Å². The van der Waals surface area contributed by atoms with E-state index in [0.717, 1.165) is 29.5 Å². The minimum atomic E-state index is -0.701. The normalized spacial score (nSPS) is 10.3. The Morgan fingerprint density at radius 2 is 1.87 bits per heavy atom. The topological polar surface area (TPSA) is 130 Å². The molecule has 0 aliphatic rings. The number of hydrogen-bond acceptors (Lipinski definition) is 6. The van der Waals surface area contributed by atoms with Crippen LogP contribution in [0.3, 0.4) is 0 Å². The Bertz CT molecular complexity index is 1260. The maximum atomic E-state index is 12.8. The molecule has 0 aliphatic heterocycles. The Labute approximate surface area is 177 Å². The van der Waals surface area contributed by atoms with E-state index in [1.165, 1.54) is 0 Å². The van der Waals surface area contributed by atoms with Crippen LogP contribution in [0.5, 0.6) is 0 Å². The van der Waals surface area contributed by atoms with E-state index >= 15 is 0 Å². The van der Waals surface area contributed by atoms with Crippen molar-refractivity contribution in [2.24, 2.45) is 5.73 Å². The molecule has 2 aromatic carbocycles. The van der Waals surface area contributed by atoms with Gasteiger partial charge in [-0.25, -0.2) is 4.98 Å². The Kier molecular flexibility index (Phi) is 6.38. The minimum absolute atomic E-state index is 0.0463. The lowest BCUT2D eigenvalue weighted by molar-refractivity contribution is 0.0996. The Morgan fingerprint density at radius 3 is 2.47 bits per heavy atom. The third-order valence-electron chi connectivity index (χ3n) is 4.33. The van der Waals surface area contributed by atoms with E-state index in [9.17, 15) is 9.59 Å². The molecule has 0 unspecified atom stereocenters. The molecule has 4 aromatic rings. The molecule has 0 spiro atoms. The van der Waals surface area contributed by atoms with Crippen LogP contribution in [0.25, 0.3) is 16.5 Å². The maximum absolute atomic E-state index is 12.8. The summed E-state index contributed by atoms with van der Waals surface area (Å²) in [5.41, 5.74) is 11.8. The number of para-hydroxylation sites is 1. The summed E-state index contributed by atoms with van der Waals surface area (Å²) in [7, 11) is 0. The zero-order valence-electron chi connectivity index (χ0n) is 16.1. The summed E-state index contributed by atoms with van der Waals surface area (Å²) in [6.07, 6.45) is 1.89. The third kappa shape index (κ3) is 4.28. The second-order valence-electron chi connectivity index (χ2n) is 6.23. The molecular weight excluding hydrogens is 404 g/mol. The van der Waals surface area contributed by atoms with Crippen LogP contribution >= 0.6 is 11.6 Å². The van der Waals surface area contributed by atoms with Crippen molar-refractivity contribution in [1.29, 1.82) is 0 Å². The van der Waals surface area contributed by atoms with Gasteiger partial charge in [0.05, 0.1) is 10.4 Å². The predicted octanol–water partition coefficient (Wildman–Crippen LogP) is 2.76. The molecule has 9 heteroatoms. The molecule has 152 valence electrons. The fraction of sp³-hybridized carbons (Fsp3) is 0.0952. The Balaban J connectivity index is 0.000000216. The molecule has 0 radical (unpaired) electrons. The maximum Gasteiger partial charge on any atom is 0.271 e. The first kappa shape index (κ1) is 20.9. The number of nitrogens with zero attached hydrogens (tertiary/aromatic N) is 4. The largest absolute Gasteiger partial charge is 0.380 e. The van der Waals surface area contributed by atoms with Gasteiger partial charge in [-0.15, -0.1) is 10.2 Å². The van der Waals surface area contributed by atoms with Crippen molar-refractivity contribution in [1.82, 2.24) is 19.7 Å². The van der Waals surface area contributed by atoms with Gasteiger partial charge >= 0.3 is 0 Å². The molecule has 30 heavy (non-hydrogen) atoms. The Hall–Kier alpha value is -3.78. The molecule has 8 nitrogen and oxygen atoms in total. The van der Waals surface area contributed by atoms with E-state index in [0.29, 0.717) is 10.4 Å². The predicted molar refractivity (Wildman–Crippen MR) is 117 cm³/mol. The molecule has 0 saturated heterocycles. The van der Waals surface area contributed by atoms with Gasteiger partial charge in [-0.3, -0.25) is 14.2 Å². The molecule has 0 bridgehead atoms. The number of aromatic nitrogens is 4. The number of carbonyl (C=O) groups is 1. The first-order valence-corrected chi connectivity index (χ1v) is 9.43. The first-order valence-electron chi connectivity index (χ1n) is 9.05. The van der Waals surface area contributed by atoms with Crippen LogP contribution in [0.2, 0.25) is 5.02 Å². The average Bonchev–Trinajstić information content (AvgIpc) is 2.74. The molecule has 0 fully saturated rings. The summed E-state index contributed by atoms with van der Waals surface area (Å²) >= 11 is 6.20. The van der Waals surface area contributed by atoms with Crippen molar-refractivity contribution in [3.8, 4) is 5.69 Å². The number of anilines is 1. The standard InChI is InChI=1S/C17H14ClNO.C4H5N5O/c1-2-13-11-12-7-6-10-15(18)16(12)17(20)19(13)14-8-4-3-5-9-14;5-3-2(4(6)10)7-1-8-9-3/h3-11H,2H2,1H3;1H,(H2,5,9)(H2,6,10). The number of primary amides is 1. The summed E-state index contributed by atoms with van der Waals surface area (Å²) in [4.78, 5) is 26.7. The molecule has 4 N–H and O–H groups in total. The van der Waals surface area contributed by atoms with Gasteiger partial charge in [0.25, 0.3) is 11.5 Å². The lowest BCUT2D eigenvalue weighted by Crippen LogP contribution is -2.22. The molecule has 0 aliphatic carbocycles. The molecule has 0 saturated carbocycles. The highest BCUT2D eigenvalue weighted by atomic mass is 35.5. The van der Waals surface area contributed by atoms with Crippen LogP contribution in [-0.2, 0) is 6.42 Å². The van der Waals surface area contributed by atoms with E-state index in [4.69, 9.17) is 23.1 Å². The van der Waals surface area contributed by atoms with Crippen molar-refractivity contribution >= 4 is 34.1 Å². The van der Waals surface area contributed by atoms with E-state index in [1.807, 2.05) is 55.5 Å².